The number of imide groups is 1. The van der Waals surface area contributed by atoms with Gasteiger partial charge in [-0.15, -0.1) is 0 Å². The molecule has 9 nitrogen and oxygen atoms in total. The van der Waals surface area contributed by atoms with Crippen LogP contribution in [0.5, 0.6) is 5.75 Å². The molecule has 2 heterocycles. The van der Waals surface area contributed by atoms with Gasteiger partial charge in [0.25, 0.3) is 5.91 Å². The molecule has 1 N–H and O–H groups in total. The Morgan fingerprint density at radius 3 is 2.79 bits per heavy atom. The molecule has 3 rings (SSSR count). The summed E-state index contributed by atoms with van der Waals surface area (Å²) in [6, 6.07) is 5.96. The molecule has 1 atom stereocenters. The van der Waals surface area contributed by atoms with Crippen molar-refractivity contribution in [2.45, 2.75) is 33.5 Å². The molecule has 9 heteroatoms. The maximum absolute atomic E-state index is 12.4. The van der Waals surface area contributed by atoms with Crippen molar-refractivity contribution in [3.8, 4) is 5.75 Å². The molecule has 1 aromatic carbocycles. The second-order valence-corrected chi connectivity index (χ2v) is 6.39. The highest BCUT2D eigenvalue weighted by Crippen LogP contribution is 2.19. The van der Waals surface area contributed by atoms with Gasteiger partial charge in [-0.3, -0.25) is 9.69 Å². The van der Waals surface area contributed by atoms with Crippen LogP contribution in [0.3, 0.4) is 0 Å². The fraction of sp³-hybridized carbons (Fsp3) is 0.368. The smallest absolute Gasteiger partial charge is 0.339 e. The van der Waals surface area contributed by atoms with Crippen molar-refractivity contribution in [1.29, 1.82) is 0 Å². The van der Waals surface area contributed by atoms with Crippen molar-refractivity contribution in [3.63, 3.8) is 0 Å². The van der Waals surface area contributed by atoms with Crippen LogP contribution >= 0.6 is 0 Å². The average Bonchev–Trinajstić information content (AvgIpc) is 3.25. The maximum Gasteiger partial charge on any atom is 0.339 e. The van der Waals surface area contributed by atoms with Gasteiger partial charge in [0.1, 0.15) is 18.1 Å². The number of aryl methyl sites for hydroxylation is 2. The highest BCUT2D eigenvalue weighted by Gasteiger charge is 2.31. The first-order valence-corrected chi connectivity index (χ1v) is 8.81. The predicted octanol–water partition coefficient (Wildman–Crippen LogP) is 1.97. The molecule has 1 fully saturated rings. The molecular weight excluding hydrogens is 366 g/mol. The Labute approximate surface area is 161 Å². The minimum absolute atomic E-state index is 0.238. The summed E-state index contributed by atoms with van der Waals surface area (Å²) < 4.78 is 16.0. The number of nitrogens with zero attached hydrogens (tertiary/aromatic N) is 2. The van der Waals surface area contributed by atoms with Gasteiger partial charge in [0.15, 0.2) is 6.10 Å². The number of esters is 1. The number of urea groups is 1. The van der Waals surface area contributed by atoms with Crippen LogP contribution < -0.4 is 10.1 Å². The summed E-state index contributed by atoms with van der Waals surface area (Å²) in [4.78, 5) is 37.2. The highest BCUT2D eigenvalue weighted by molar-refractivity contribution is 5.99. The van der Waals surface area contributed by atoms with Gasteiger partial charge in [-0.1, -0.05) is 11.2 Å². The number of ether oxygens (including phenoxy) is 2. The lowest BCUT2D eigenvalue weighted by Gasteiger charge is -2.18. The number of carbonyl (C=O) groups excluding carboxylic acids is 3. The molecule has 1 aliphatic rings. The number of aromatic nitrogens is 1. The van der Waals surface area contributed by atoms with Crippen molar-refractivity contribution in [1.82, 2.24) is 15.4 Å². The maximum atomic E-state index is 12.4. The van der Waals surface area contributed by atoms with Crippen molar-refractivity contribution >= 4 is 17.9 Å². The largest absolute Gasteiger partial charge is 0.489 e. The number of rotatable bonds is 6. The lowest BCUT2D eigenvalue weighted by atomic mass is 10.2. The lowest BCUT2D eigenvalue weighted by Crippen LogP contribution is -2.41. The van der Waals surface area contributed by atoms with E-state index < -0.39 is 24.0 Å². The molecule has 1 aromatic heterocycles. The first-order valence-electron chi connectivity index (χ1n) is 8.81. The molecular formula is C19H21N3O6. The molecule has 1 saturated heterocycles. The van der Waals surface area contributed by atoms with Crippen LogP contribution in [0.25, 0.3) is 0 Å². The Morgan fingerprint density at radius 1 is 1.36 bits per heavy atom. The van der Waals surface area contributed by atoms with Crippen LogP contribution in [0.15, 0.2) is 28.8 Å². The molecule has 0 unspecified atom stereocenters. The van der Waals surface area contributed by atoms with Gasteiger partial charge in [-0.05, 0) is 39.0 Å². The normalized spacial score (nSPS) is 14.5. The zero-order valence-corrected chi connectivity index (χ0v) is 15.9. The van der Waals surface area contributed by atoms with Crippen molar-refractivity contribution in [2.24, 2.45) is 0 Å². The summed E-state index contributed by atoms with van der Waals surface area (Å²) in [6.45, 7) is 5.94. The molecule has 2 aromatic rings. The number of nitrogens with one attached hydrogen (secondary N) is 1. The summed E-state index contributed by atoms with van der Waals surface area (Å²) in [7, 11) is 0. The second kappa shape index (κ2) is 8.12. The molecule has 0 radical (unpaired) electrons. The number of carbonyl (C=O) groups is 3. The summed E-state index contributed by atoms with van der Waals surface area (Å²) in [5.41, 5.74) is 1.82. The number of benzene rings is 1. The Hall–Kier alpha value is -3.36. The van der Waals surface area contributed by atoms with Crippen LogP contribution in [0.1, 0.15) is 34.3 Å². The van der Waals surface area contributed by atoms with Crippen LogP contribution in [0.4, 0.5) is 4.79 Å². The molecule has 148 valence electrons. The van der Waals surface area contributed by atoms with Gasteiger partial charge in [-0.2, -0.15) is 0 Å². The van der Waals surface area contributed by atoms with Gasteiger partial charge in [-0.25, -0.2) is 9.59 Å². The molecule has 28 heavy (non-hydrogen) atoms. The third-order valence-electron chi connectivity index (χ3n) is 4.39. The molecule has 3 amide bonds. The Bertz CT molecular complexity index is 887. The summed E-state index contributed by atoms with van der Waals surface area (Å²) in [5, 5.41) is 6.40. The fourth-order valence-electron chi connectivity index (χ4n) is 2.76. The van der Waals surface area contributed by atoms with E-state index in [4.69, 9.17) is 14.0 Å². The third kappa shape index (κ3) is 4.13. The average molecular weight is 387 g/mol. The van der Waals surface area contributed by atoms with E-state index in [9.17, 15) is 14.4 Å². The second-order valence-electron chi connectivity index (χ2n) is 6.39. The summed E-state index contributed by atoms with van der Waals surface area (Å²) >= 11 is 0. The van der Waals surface area contributed by atoms with Gasteiger partial charge < -0.3 is 19.3 Å². The Morgan fingerprint density at radius 2 is 2.14 bits per heavy atom. The first-order chi connectivity index (χ1) is 13.4. The molecule has 0 spiro atoms. The standard InChI is InChI=1S/C19H21N3O6/c1-11-16(12(2)28-21-11)10-26-15-6-4-5-14(9-15)18(24)27-13(3)17(23)22-8-7-20-19(22)25/h4-6,9,13H,7-8,10H2,1-3H3,(H,20,25)/t13-/m0/s1. The Kier molecular flexibility index (Phi) is 5.62. The number of hydrogen-bond acceptors (Lipinski definition) is 7. The molecule has 1 aliphatic heterocycles. The van der Waals surface area contributed by atoms with E-state index in [0.717, 1.165) is 16.2 Å². The molecule has 0 aliphatic carbocycles. The number of amides is 3. The van der Waals surface area contributed by atoms with E-state index in [2.05, 4.69) is 10.5 Å². The minimum Gasteiger partial charge on any atom is -0.489 e. The first kappa shape index (κ1) is 19.4. The lowest BCUT2D eigenvalue weighted by molar-refractivity contribution is -0.136. The van der Waals surface area contributed by atoms with E-state index >= 15 is 0 Å². The van der Waals surface area contributed by atoms with Gasteiger partial charge >= 0.3 is 12.0 Å². The van der Waals surface area contributed by atoms with E-state index in [0.29, 0.717) is 18.1 Å². The van der Waals surface area contributed by atoms with E-state index in [-0.39, 0.29) is 18.7 Å². The van der Waals surface area contributed by atoms with Gasteiger partial charge in [0, 0.05) is 13.1 Å². The highest BCUT2D eigenvalue weighted by atomic mass is 16.5. The predicted molar refractivity (Wildman–Crippen MR) is 96.7 cm³/mol. The zero-order valence-electron chi connectivity index (χ0n) is 15.9. The molecule has 0 bridgehead atoms. The van der Waals surface area contributed by atoms with Crippen molar-refractivity contribution < 1.29 is 28.4 Å². The van der Waals surface area contributed by atoms with Crippen LogP contribution in [0, 0.1) is 13.8 Å². The van der Waals surface area contributed by atoms with Crippen LogP contribution in [-0.2, 0) is 16.1 Å². The Balaban J connectivity index is 1.62. The van der Waals surface area contributed by atoms with E-state index in [1.54, 1.807) is 25.1 Å². The minimum atomic E-state index is -1.08. The zero-order chi connectivity index (χ0) is 20.3. The quantitative estimate of drug-likeness (QED) is 0.754. The van der Waals surface area contributed by atoms with E-state index in [1.165, 1.54) is 13.0 Å². The topological polar surface area (TPSA) is 111 Å². The fourth-order valence-corrected chi connectivity index (χ4v) is 2.76. The van der Waals surface area contributed by atoms with Crippen LogP contribution in [-0.4, -0.2) is 47.2 Å². The third-order valence-corrected chi connectivity index (χ3v) is 4.39. The van der Waals surface area contributed by atoms with Crippen LogP contribution in [0.2, 0.25) is 0 Å². The SMILES string of the molecule is Cc1noc(C)c1COc1cccc(C(=O)O[C@@H](C)C(=O)N2CCNC2=O)c1. The number of hydrogen-bond donors (Lipinski definition) is 1. The summed E-state index contributed by atoms with van der Waals surface area (Å²) in [5.74, 6) is -0.101. The monoisotopic (exact) mass is 387 g/mol. The van der Waals surface area contributed by atoms with E-state index in [1.807, 2.05) is 6.92 Å². The van der Waals surface area contributed by atoms with Crippen molar-refractivity contribution in [3.05, 3.63) is 46.8 Å². The van der Waals surface area contributed by atoms with Gasteiger partial charge in [0.05, 0.1) is 16.8 Å². The van der Waals surface area contributed by atoms with Crippen molar-refractivity contribution in [2.75, 3.05) is 13.1 Å². The molecule has 0 saturated carbocycles. The summed E-state index contributed by atoms with van der Waals surface area (Å²) in [6.07, 6.45) is -1.08. The van der Waals surface area contributed by atoms with Gasteiger partial charge in [0.2, 0.25) is 0 Å².